The molecule has 0 spiro atoms. The monoisotopic (exact) mass is 323 g/mol. The van der Waals surface area contributed by atoms with Crippen LogP contribution < -0.4 is 11.1 Å². The molecule has 1 aromatic rings. The van der Waals surface area contributed by atoms with Gasteiger partial charge in [0.15, 0.2) is 5.78 Å². The Morgan fingerprint density at radius 2 is 2.09 bits per heavy atom. The minimum atomic E-state index is -0.383. The van der Waals surface area contributed by atoms with Crippen molar-refractivity contribution in [2.24, 2.45) is 11.7 Å². The molecule has 1 saturated heterocycles. The molecule has 1 aliphatic rings. The van der Waals surface area contributed by atoms with E-state index < -0.39 is 0 Å². The van der Waals surface area contributed by atoms with E-state index in [2.05, 4.69) is 5.32 Å². The maximum absolute atomic E-state index is 12.2. The molecule has 1 aromatic carbocycles. The highest BCUT2D eigenvalue weighted by Crippen LogP contribution is 2.22. The van der Waals surface area contributed by atoms with Gasteiger partial charge in [-0.3, -0.25) is 9.59 Å². The number of nitrogens with zero attached hydrogens (tertiary/aromatic N) is 1. The fraction of sp³-hybridized carbons (Fsp3) is 0.400. The van der Waals surface area contributed by atoms with E-state index in [0.29, 0.717) is 35.8 Å². The van der Waals surface area contributed by atoms with E-state index in [4.69, 9.17) is 17.3 Å². The van der Waals surface area contributed by atoms with Crippen LogP contribution in [-0.2, 0) is 4.79 Å². The van der Waals surface area contributed by atoms with E-state index in [1.807, 2.05) is 0 Å². The van der Waals surface area contributed by atoms with Gasteiger partial charge in [0.25, 0.3) is 0 Å². The summed E-state index contributed by atoms with van der Waals surface area (Å²) >= 11 is 6.01. The van der Waals surface area contributed by atoms with Crippen molar-refractivity contribution >= 4 is 35.0 Å². The number of anilines is 1. The zero-order chi connectivity index (χ0) is 16.3. The number of piperidine rings is 1. The number of rotatable bonds is 3. The third-order valence-electron chi connectivity index (χ3n) is 3.71. The van der Waals surface area contributed by atoms with E-state index in [1.165, 1.54) is 13.0 Å². The van der Waals surface area contributed by atoms with Crippen LogP contribution in [0.15, 0.2) is 18.2 Å². The van der Waals surface area contributed by atoms with Gasteiger partial charge in [0.05, 0.1) is 10.9 Å². The summed E-state index contributed by atoms with van der Waals surface area (Å²) < 4.78 is 0. The molecular weight excluding hydrogens is 306 g/mol. The summed E-state index contributed by atoms with van der Waals surface area (Å²) in [4.78, 5) is 36.3. The molecular formula is C15H18ClN3O3. The van der Waals surface area contributed by atoms with Crippen molar-refractivity contribution in [2.45, 2.75) is 19.8 Å². The van der Waals surface area contributed by atoms with Gasteiger partial charge in [-0.2, -0.15) is 0 Å². The second kappa shape index (κ2) is 6.79. The topological polar surface area (TPSA) is 92.5 Å². The Kier molecular flexibility index (Phi) is 5.03. The Balaban J connectivity index is 2.04. The number of halogens is 1. The van der Waals surface area contributed by atoms with Gasteiger partial charge in [0.1, 0.15) is 0 Å². The smallest absolute Gasteiger partial charge is 0.321 e. The summed E-state index contributed by atoms with van der Waals surface area (Å²) in [6.07, 6.45) is 1.45. The number of primary amides is 1. The lowest BCUT2D eigenvalue weighted by atomic mass is 9.98. The number of Topliss-reactive ketones (excluding diaryl/α,β-unsaturated/α-hetero) is 1. The van der Waals surface area contributed by atoms with Gasteiger partial charge >= 0.3 is 6.03 Å². The van der Waals surface area contributed by atoms with Crippen LogP contribution in [-0.4, -0.2) is 35.7 Å². The zero-order valence-corrected chi connectivity index (χ0v) is 13.0. The number of ketones is 1. The maximum atomic E-state index is 12.2. The number of hydrogen-bond acceptors (Lipinski definition) is 3. The molecule has 3 amide bonds. The molecule has 22 heavy (non-hydrogen) atoms. The Morgan fingerprint density at radius 1 is 1.36 bits per heavy atom. The molecule has 7 heteroatoms. The highest BCUT2D eigenvalue weighted by Gasteiger charge is 2.27. The maximum Gasteiger partial charge on any atom is 0.321 e. The molecule has 0 aliphatic carbocycles. The highest BCUT2D eigenvalue weighted by atomic mass is 35.5. The van der Waals surface area contributed by atoms with Crippen molar-refractivity contribution in [1.82, 2.24) is 4.90 Å². The molecule has 6 nitrogen and oxygen atoms in total. The quantitative estimate of drug-likeness (QED) is 0.836. The number of carbonyl (C=O) groups excluding carboxylic acids is 3. The van der Waals surface area contributed by atoms with Crippen molar-refractivity contribution in [1.29, 1.82) is 0 Å². The zero-order valence-electron chi connectivity index (χ0n) is 12.3. The lowest BCUT2D eigenvalue weighted by Gasteiger charge is -2.31. The van der Waals surface area contributed by atoms with E-state index in [0.717, 1.165) is 6.42 Å². The van der Waals surface area contributed by atoms with Crippen molar-refractivity contribution in [2.75, 3.05) is 18.4 Å². The molecule has 0 aromatic heterocycles. The fourth-order valence-electron chi connectivity index (χ4n) is 2.47. The summed E-state index contributed by atoms with van der Waals surface area (Å²) in [6, 6.07) is 4.42. The fourth-order valence-corrected chi connectivity index (χ4v) is 2.79. The van der Waals surface area contributed by atoms with Crippen LogP contribution in [0.5, 0.6) is 0 Å². The predicted octanol–water partition coefficient (Wildman–Crippen LogP) is 2.27. The predicted molar refractivity (Wildman–Crippen MR) is 84.0 cm³/mol. The van der Waals surface area contributed by atoms with Crippen molar-refractivity contribution < 1.29 is 14.4 Å². The number of benzene rings is 1. The van der Waals surface area contributed by atoms with E-state index in [-0.39, 0.29) is 23.6 Å². The Hall–Kier alpha value is -2.08. The van der Waals surface area contributed by atoms with Crippen LogP contribution in [0.4, 0.5) is 10.5 Å². The number of nitrogens with two attached hydrogens (primary N) is 1. The second-order valence-corrected chi connectivity index (χ2v) is 5.78. The van der Waals surface area contributed by atoms with Crippen molar-refractivity contribution in [3.05, 3.63) is 28.8 Å². The summed E-state index contributed by atoms with van der Waals surface area (Å²) in [7, 11) is 0. The van der Waals surface area contributed by atoms with Gasteiger partial charge < -0.3 is 16.0 Å². The van der Waals surface area contributed by atoms with Crippen LogP contribution in [0.25, 0.3) is 0 Å². The number of likely N-dealkylation sites (tertiary alicyclic amines) is 1. The summed E-state index contributed by atoms with van der Waals surface area (Å²) in [5.41, 5.74) is 6.21. The normalized spacial score (nSPS) is 17.9. The lowest BCUT2D eigenvalue weighted by molar-refractivity contribution is -0.123. The lowest BCUT2D eigenvalue weighted by Crippen LogP contribution is -2.45. The second-order valence-electron chi connectivity index (χ2n) is 5.37. The van der Waals surface area contributed by atoms with Gasteiger partial charge in [-0.25, -0.2) is 4.79 Å². The molecule has 2 rings (SSSR count). The molecule has 118 valence electrons. The summed E-state index contributed by atoms with van der Waals surface area (Å²) in [5.74, 6) is -0.822. The van der Waals surface area contributed by atoms with Crippen LogP contribution in [0, 0.1) is 5.92 Å². The molecule has 1 aliphatic heterocycles. The molecule has 0 bridgehead atoms. The Bertz CT molecular complexity index is 618. The third-order valence-corrected chi connectivity index (χ3v) is 4.02. The minimum Gasteiger partial charge on any atom is -0.369 e. The van der Waals surface area contributed by atoms with Gasteiger partial charge in [0, 0.05) is 24.3 Å². The standard InChI is InChI=1S/C15H18ClN3O3/c1-9(20)12-5-4-11(7-13(12)16)18-15(22)19-6-2-3-10(8-19)14(17)21/h4-5,7,10H,2-3,6,8H2,1H3,(H2,17,21)(H,18,22)/t10-/m0/s1. The van der Waals surface area contributed by atoms with Gasteiger partial charge in [-0.1, -0.05) is 11.6 Å². The first-order chi connectivity index (χ1) is 10.4. The van der Waals surface area contributed by atoms with Gasteiger partial charge in [-0.05, 0) is 38.0 Å². The molecule has 1 heterocycles. The summed E-state index contributed by atoms with van der Waals surface area (Å²) in [5, 5.41) is 3.01. The average molecular weight is 324 g/mol. The van der Waals surface area contributed by atoms with E-state index in [9.17, 15) is 14.4 Å². The van der Waals surface area contributed by atoms with Crippen LogP contribution in [0.1, 0.15) is 30.1 Å². The summed E-state index contributed by atoms with van der Waals surface area (Å²) in [6.45, 7) is 2.33. The molecule has 0 saturated carbocycles. The highest BCUT2D eigenvalue weighted by molar-refractivity contribution is 6.34. The average Bonchev–Trinajstić information content (AvgIpc) is 2.47. The first kappa shape index (κ1) is 16.3. The third kappa shape index (κ3) is 3.76. The van der Waals surface area contributed by atoms with Crippen LogP contribution in [0.3, 0.4) is 0 Å². The number of amides is 3. The number of hydrogen-bond donors (Lipinski definition) is 2. The molecule has 0 unspecified atom stereocenters. The Labute approximate surface area is 133 Å². The molecule has 1 fully saturated rings. The van der Waals surface area contributed by atoms with Gasteiger partial charge in [-0.15, -0.1) is 0 Å². The minimum absolute atomic E-state index is 0.136. The number of carbonyl (C=O) groups is 3. The van der Waals surface area contributed by atoms with E-state index in [1.54, 1.807) is 17.0 Å². The molecule has 3 N–H and O–H groups in total. The first-order valence-corrected chi connectivity index (χ1v) is 7.42. The van der Waals surface area contributed by atoms with Crippen LogP contribution >= 0.6 is 11.6 Å². The molecule has 0 radical (unpaired) electrons. The largest absolute Gasteiger partial charge is 0.369 e. The van der Waals surface area contributed by atoms with Crippen LogP contribution in [0.2, 0.25) is 5.02 Å². The molecule has 1 atom stereocenters. The Morgan fingerprint density at radius 3 is 2.68 bits per heavy atom. The van der Waals surface area contributed by atoms with Gasteiger partial charge in [0.2, 0.25) is 5.91 Å². The number of urea groups is 1. The first-order valence-electron chi connectivity index (χ1n) is 7.04. The van der Waals surface area contributed by atoms with E-state index >= 15 is 0 Å². The number of nitrogens with one attached hydrogen (secondary N) is 1. The van der Waals surface area contributed by atoms with Crippen molar-refractivity contribution in [3.8, 4) is 0 Å². The van der Waals surface area contributed by atoms with Crippen molar-refractivity contribution in [3.63, 3.8) is 0 Å². The SMILES string of the molecule is CC(=O)c1ccc(NC(=O)N2CCC[C@H](C(N)=O)C2)cc1Cl.